The number of carbonyl (C=O) groups is 1. The zero-order chi connectivity index (χ0) is 15.5. The van der Waals surface area contributed by atoms with Gasteiger partial charge < -0.3 is 10.6 Å². The predicted octanol–water partition coefficient (Wildman–Crippen LogP) is 1.32. The van der Waals surface area contributed by atoms with Crippen LogP contribution in [0.5, 0.6) is 0 Å². The fourth-order valence-electron chi connectivity index (χ4n) is 2.22. The van der Waals surface area contributed by atoms with E-state index in [1.54, 1.807) is 4.90 Å². The van der Waals surface area contributed by atoms with Crippen molar-refractivity contribution in [2.45, 2.75) is 24.2 Å². The molecule has 1 aromatic carbocycles. The summed E-state index contributed by atoms with van der Waals surface area (Å²) < 4.78 is 27.1. The Labute approximate surface area is 132 Å². The number of likely N-dealkylation sites (tertiary alicyclic amines) is 1. The van der Waals surface area contributed by atoms with Crippen LogP contribution >= 0.6 is 15.9 Å². The first-order valence-corrected chi connectivity index (χ1v) is 9.00. The number of benzene rings is 1. The Hall–Kier alpha value is -1.12. The predicted molar refractivity (Wildman–Crippen MR) is 84.2 cm³/mol. The van der Waals surface area contributed by atoms with E-state index >= 15 is 0 Å². The highest BCUT2D eigenvalue weighted by molar-refractivity contribution is 9.10. The summed E-state index contributed by atoms with van der Waals surface area (Å²) in [5.41, 5.74) is 6.05. The van der Waals surface area contributed by atoms with Crippen LogP contribution in [0.2, 0.25) is 0 Å². The van der Waals surface area contributed by atoms with Gasteiger partial charge in [-0.3, -0.25) is 4.79 Å². The highest BCUT2D eigenvalue weighted by Crippen LogP contribution is 2.24. The van der Waals surface area contributed by atoms with Crippen molar-refractivity contribution in [2.75, 3.05) is 25.4 Å². The first-order chi connectivity index (χ1) is 9.90. The molecule has 1 aliphatic rings. The summed E-state index contributed by atoms with van der Waals surface area (Å²) in [5.74, 6) is -0.190. The molecule has 0 aliphatic carbocycles. The molecule has 8 heteroatoms. The molecule has 1 aromatic rings. The van der Waals surface area contributed by atoms with Crippen LogP contribution in [0.15, 0.2) is 27.6 Å². The second-order valence-electron chi connectivity index (χ2n) is 4.96. The van der Waals surface area contributed by atoms with E-state index in [0.29, 0.717) is 23.2 Å². The van der Waals surface area contributed by atoms with Crippen LogP contribution < -0.4 is 10.5 Å². The molecule has 3 N–H and O–H groups in total. The van der Waals surface area contributed by atoms with Gasteiger partial charge in [-0.15, -0.1) is 0 Å². The van der Waals surface area contributed by atoms with E-state index in [0.717, 1.165) is 19.3 Å². The minimum Gasteiger partial charge on any atom is -0.399 e. The van der Waals surface area contributed by atoms with Crippen LogP contribution in [-0.4, -0.2) is 38.9 Å². The van der Waals surface area contributed by atoms with Crippen LogP contribution in [0.4, 0.5) is 5.69 Å². The van der Waals surface area contributed by atoms with Crippen molar-refractivity contribution in [3.05, 3.63) is 22.7 Å². The third-order valence-electron chi connectivity index (χ3n) is 3.37. The summed E-state index contributed by atoms with van der Waals surface area (Å²) in [6.45, 7) is 1.18. The number of hydrogen-bond acceptors (Lipinski definition) is 4. The summed E-state index contributed by atoms with van der Waals surface area (Å²) in [6.07, 6.45) is 3.07. The zero-order valence-corrected chi connectivity index (χ0v) is 13.9. The fraction of sp³-hybridized carbons (Fsp3) is 0.462. The van der Waals surface area contributed by atoms with E-state index in [1.807, 2.05) is 0 Å². The van der Waals surface area contributed by atoms with Gasteiger partial charge in [-0.05, 0) is 53.4 Å². The van der Waals surface area contributed by atoms with Gasteiger partial charge in [-0.25, -0.2) is 13.1 Å². The molecule has 1 heterocycles. The summed E-state index contributed by atoms with van der Waals surface area (Å²) >= 11 is 3.17. The molecule has 1 aliphatic heterocycles. The number of nitrogens with one attached hydrogen (secondary N) is 1. The smallest absolute Gasteiger partial charge is 0.242 e. The second-order valence-corrected chi connectivity index (χ2v) is 7.55. The minimum atomic E-state index is -3.74. The van der Waals surface area contributed by atoms with Crippen LogP contribution in [0.3, 0.4) is 0 Å². The number of sulfonamides is 1. The van der Waals surface area contributed by atoms with Crippen molar-refractivity contribution in [1.82, 2.24) is 9.62 Å². The number of piperidine rings is 1. The van der Waals surface area contributed by atoms with E-state index < -0.39 is 10.0 Å². The lowest BCUT2D eigenvalue weighted by Crippen LogP contribution is -2.42. The van der Waals surface area contributed by atoms with Crippen LogP contribution in [0, 0.1) is 0 Å². The lowest BCUT2D eigenvalue weighted by Gasteiger charge is -2.26. The number of hydrogen-bond donors (Lipinski definition) is 2. The quantitative estimate of drug-likeness (QED) is 0.776. The molecule has 21 heavy (non-hydrogen) atoms. The van der Waals surface area contributed by atoms with Crippen molar-refractivity contribution in [2.24, 2.45) is 0 Å². The van der Waals surface area contributed by atoms with Gasteiger partial charge in [-0.2, -0.15) is 0 Å². The molecule has 0 aromatic heterocycles. The highest BCUT2D eigenvalue weighted by atomic mass is 79.9. The Morgan fingerprint density at radius 1 is 1.29 bits per heavy atom. The second kappa shape index (κ2) is 6.76. The Morgan fingerprint density at radius 3 is 2.57 bits per heavy atom. The molecule has 0 atom stereocenters. The molecule has 0 radical (unpaired) electrons. The summed E-state index contributed by atoms with van der Waals surface area (Å²) in [4.78, 5) is 13.8. The average Bonchev–Trinajstić information content (AvgIpc) is 2.45. The SMILES string of the molecule is Nc1ccc(S(=O)(=O)NCC(=O)N2CCCCC2)c(Br)c1. The monoisotopic (exact) mass is 375 g/mol. The van der Waals surface area contributed by atoms with Gasteiger partial charge in [-0.1, -0.05) is 0 Å². The van der Waals surface area contributed by atoms with Crippen LogP contribution in [0.1, 0.15) is 19.3 Å². The Kier molecular flexibility index (Phi) is 5.23. The lowest BCUT2D eigenvalue weighted by atomic mass is 10.1. The molecule has 116 valence electrons. The molecular weight excluding hydrogens is 358 g/mol. The van der Waals surface area contributed by atoms with E-state index in [9.17, 15) is 13.2 Å². The molecule has 1 fully saturated rings. The van der Waals surface area contributed by atoms with Crippen molar-refractivity contribution >= 4 is 37.5 Å². The summed E-state index contributed by atoms with van der Waals surface area (Å²) in [6, 6.07) is 4.43. The van der Waals surface area contributed by atoms with E-state index in [4.69, 9.17) is 5.73 Å². The number of carbonyl (C=O) groups excluding carboxylic acids is 1. The van der Waals surface area contributed by atoms with Gasteiger partial charge in [0.05, 0.1) is 11.4 Å². The molecule has 0 unspecified atom stereocenters. The number of nitrogens with two attached hydrogens (primary N) is 1. The Balaban J connectivity index is 2.02. The summed E-state index contributed by atoms with van der Waals surface area (Å²) in [5, 5.41) is 0. The fourth-order valence-corrected chi connectivity index (χ4v) is 4.29. The topological polar surface area (TPSA) is 92.5 Å². The molecule has 6 nitrogen and oxygen atoms in total. The molecule has 2 rings (SSSR count). The maximum atomic E-state index is 12.2. The van der Waals surface area contributed by atoms with E-state index in [1.165, 1.54) is 18.2 Å². The Morgan fingerprint density at radius 2 is 1.95 bits per heavy atom. The standard InChI is InChI=1S/C13H18BrN3O3S/c14-11-8-10(15)4-5-12(11)21(19,20)16-9-13(18)17-6-2-1-3-7-17/h4-5,8,16H,1-3,6-7,9,15H2. The number of amides is 1. The zero-order valence-electron chi connectivity index (χ0n) is 11.5. The number of rotatable bonds is 4. The molecule has 0 bridgehead atoms. The Bertz CT molecular complexity index is 628. The average molecular weight is 376 g/mol. The molecule has 1 saturated heterocycles. The summed E-state index contributed by atoms with van der Waals surface area (Å²) in [7, 11) is -3.74. The van der Waals surface area contributed by atoms with Gasteiger partial charge in [0.1, 0.15) is 0 Å². The van der Waals surface area contributed by atoms with Crippen LogP contribution in [0.25, 0.3) is 0 Å². The number of nitrogens with zero attached hydrogens (tertiary/aromatic N) is 1. The first-order valence-electron chi connectivity index (χ1n) is 6.72. The number of nitrogen functional groups attached to an aromatic ring is 1. The first kappa shape index (κ1) is 16.3. The van der Waals surface area contributed by atoms with Crippen molar-refractivity contribution in [3.8, 4) is 0 Å². The third kappa shape index (κ3) is 4.18. The van der Waals surface area contributed by atoms with Crippen molar-refractivity contribution in [1.29, 1.82) is 0 Å². The molecule has 0 saturated carbocycles. The van der Waals surface area contributed by atoms with Gasteiger partial charge in [0.25, 0.3) is 0 Å². The molecule has 0 spiro atoms. The van der Waals surface area contributed by atoms with Gasteiger partial charge >= 0.3 is 0 Å². The molecule has 1 amide bonds. The third-order valence-corrected chi connectivity index (χ3v) is 5.75. The maximum Gasteiger partial charge on any atom is 0.242 e. The van der Waals surface area contributed by atoms with Crippen molar-refractivity contribution < 1.29 is 13.2 Å². The van der Waals surface area contributed by atoms with Gasteiger partial charge in [0.2, 0.25) is 15.9 Å². The molecular formula is C13H18BrN3O3S. The minimum absolute atomic E-state index is 0.0724. The lowest BCUT2D eigenvalue weighted by molar-refractivity contribution is -0.130. The van der Waals surface area contributed by atoms with Crippen LogP contribution in [-0.2, 0) is 14.8 Å². The van der Waals surface area contributed by atoms with E-state index in [2.05, 4.69) is 20.7 Å². The number of anilines is 1. The number of halogens is 1. The van der Waals surface area contributed by atoms with E-state index in [-0.39, 0.29) is 17.3 Å². The highest BCUT2D eigenvalue weighted by Gasteiger charge is 2.21. The van der Waals surface area contributed by atoms with Crippen molar-refractivity contribution in [3.63, 3.8) is 0 Å². The normalized spacial score (nSPS) is 16.0. The maximum absolute atomic E-state index is 12.2. The largest absolute Gasteiger partial charge is 0.399 e. The van der Waals surface area contributed by atoms with Gasteiger partial charge in [0.15, 0.2) is 0 Å². The van der Waals surface area contributed by atoms with Gasteiger partial charge in [0, 0.05) is 23.2 Å².